The van der Waals surface area contributed by atoms with Gasteiger partial charge in [0.25, 0.3) is 0 Å². The van der Waals surface area contributed by atoms with Gasteiger partial charge >= 0.3 is 0 Å². The van der Waals surface area contributed by atoms with Gasteiger partial charge in [-0.05, 0) is 117 Å². The van der Waals surface area contributed by atoms with Gasteiger partial charge in [-0.1, -0.05) is 25.7 Å². The molecule has 0 spiro atoms. The predicted molar refractivity (Wildman–Crippen MR) is 130 cm³/mol. The fraction of sp³-hybridized carbons (Fsp3) is 0.700. The highest BCUT2D eigenvalue weighted by Gasteiger charge is 2.61. The third-order valence-electron chi connectivity index (χ3n) is 11.0. The van der Waals surface area contributed by atoms with Crippen LogP contribution in [-0.4, -0.2) is 23.3 Å². The molecule has 5 aliphatic rings. The van der Waals surface area contributed by atoms with E-state index in [0.29, 0.717) is 17.6 Å². The lowest BCUT2D eigenvalue weighted by Gasteiger charge is -2.61. The van der Waals surface area contributed by atoms with E-state index in [2.05, 4.69) is 25.7 Å². The molecule has 182 valence electrons. The Morgan fingerprint density at radius 3 is 2.59 bits per heavy atom. The Morgan fingerprint density at radius 2 is 1.76 bits per heavy atom. The van der Waals surface area contributed by atoms with Gasteiger partial charge in [-0.15, -0.1) is 0 Å². The standard InChI is InChI=1S/C30H38O4/c1-19(31)23-7-8-24-22-6-5-21-17-30(32,13-10-20-4-9-26-27(16-20)34-18-33-26)15-14-28(21,2)25(22)11-12-29(23,24)3/h4,9,16,21-25,32H,5-8,11-12,14-15,17-18H2,1-3H3/t21-,22?,23-,24?,25?,28+,29-,30-/m1/s1. The monoisotopic (exact) mass is 462 g/mol. The summed E-state index contributed by atoms with van der Waals surface area (Å²) in [7, 11) is 0. The third kappa shape index (κ3) is 3.34. The molecule has 1 aromatic rings. The van der Waals surface area contributed by atoms with Crippen LogP contribution in [0.1, 0.15) is 84.1 Å². The normalized spacial score (nSPS) is 44.3. The van der Waals surface area contributed by atoms with E-state index in [4.69, 9.17) is 9.47 Å². The number of Topliss-reactive ketones (excluding diaryl/α,β-unsaturated/α-hetero) is 1. The molecule has 0 aromatic heterocycles. The van der Waals surface area contributed by atoms with Crippen molar-refractivity contribution < 1.29 is 19.4 Å². The molecule has 0 radical (unpaired) electrons. The first-order valence-electron chi connectivity index (χ1n) is 13.4. The summed E-state index contributed by atoms with van der Waals surface area (Å²) in [5.41, 5.74) is 0.443. The van der Waals surface area contributed by atoms with Crippen LogP contribution >= 0.6 is 0 Å². The molecule has 4 saturated carbocycles. The van der Waals surface area contributed by atoms with E-state index >= 15 is 0 Å². The molecule has 8 atom stereocenters. The van der Waals surface area contributed by atoms with Crippen LogP contribution in [-0.2, 0) is 4.79 Å². The molecular weight excluding hydrogens is 424 g/mol. The number of benzene rings is 1. The zero-order chi connectivity index (χ0) is 23.7. The summed E-state index contributed by atoms with van der Waals surface area (Å²) in [6.07, 6.45) is 9.77. The number of hydrogen-bond acceptors (Lipinski definition) is 4. The maximum absolute atomic E-state index is 12.4. The topological polar surface area (TPSA) is 55.8 Å². The van der Waals surface area contributed by atoms with E-state index in [1.807, 2.05) is 25.1 Å². The van der Waals surface area contributed by atoms with Crippen molar-refractivity contribution in [3.8, 4) is 23.3 Å². The van der Waals surface area contributed by atoms with Gasteiger partial charge < -0.3 is 14.6 Å². The van der Waals surface area contributed by atoms with Gasteiger partial charge in [-0.2, -0.15) is 0 Å². The Morgan fingerprint density at radius 1 is 0.971 bits per heavy atom. The molecule has 4 nitrogen and oxygen atoms in total. The molecule has 1 heterocycles. The van der Waals surface area contributed by atoms with Crippen LogP contribution in [0.15, 0.2) is 18.2 Å². The second kappa shape index (κ2) is 7.76. The summed E-state index contributed by atoms with van der Waals surface area (Å²) in [5, 5.41) is 11.5. The van der Waals surface area contributed by atoms with E-state index in [1.54, 1.807) is 0 Å². The van der Waals surface area contributed by atoms with E-state index in [9.17, 15) is 9.90 Å². The Bertz CT molecular complexity index is 1070. The zero-order valence-electron chi connectivity index (χ0n) is 20.9. The minimum atomic E-state index is -0.913. The lowest BCUT2D eigenvalue weighted by Crippen LogP contribution is -2.56. The van der Waals surface area contributed by atoms with Gasteiger partial charge in [0.15, 0.2) is 11.5 Å². The predicted octanol–water partition coefficient (Wildman–Crippen LogP) is 5.75. The van der Waals surface area contributed by atoms with Crippen LogP contribution in [0, 0.1) is 52.3 Å². The van der Waals surface area contributed by atoms with Gasteiger partial charge in [-0.25, -0.2) is 0 Å². The maximum atomic E-state index is 12.4. The molecule has 1 aromatic carbocycles. The van der Waals surface area contributed by atoms with Crippen molar-refractivity contribution in [2.24, 2.45) is 40.4 Å². The van der Waals surface area contributed by atoms with Gasteiger partial charge in [0, 0.05) is 11.5 Å². The third-order valence-corrected chi connectivity index (χ3v) is 11.0. The molecule has 4 fully saturated rings. The zero-order valence-corrected chi connectivity index (χ0v) is 20.9. The van der Waals surface area contributed by atoms with Crippen molar-refractivity contribution in [1.29, 1.82) is 0 Å². The summed E-state index contributed by atoms with van der Waals surface area (Å²) in [5.74, 6) is 11.4. The number of hydrogen-bond donors (Lipinski definition) is 1. The van der Waals surface area contributed by atoms with Crippen LogP contribution in [0.5, 0.6) is 11.5 Å². The van der Waals surface area contributed by atoms with Crippen LogP contribution in [0.2, 0.25) is 0 Å². The molecule has 3 unspecified atom stereocenters. The second-order valence-corrected chi connectivity index (χ2v) is 12.5. The number of rotatable bonds is 1. The van der Waals surface area contributed by atoms with Crippen LogP contribution < -0.4 is 9.47 Å². The summed E-state index contributed by atoms with van der Waals surface area (Å²) < 4.78 is 10.9. The molecule has 0 bridgehead atoms. The fourth-order valence-corrected chi connectivity index (χ4v) is 9.19. The van der Waals surface area contributed by atoms with E-state index in [-0.39, 0.29) is 23.5 Å². The molecule has 6 rings (SSSR count). The van der Waals surface area contributed by atoms with Crippen LogP contribution in [0.3, 0.4) is 0 Å². The van der Waals surface area contributed by atoms with E-state index in [1.165, 1.54) is 32.1 Å². The fourth-order valence-electron chi connectivity index (χ4n) is 9.19. The molecule has 0 amide bonds. The molecule has 4 heteroatoms. The minimum Gasteiger partial charge on any atom is -0.454 e. The summed E-state index contributed by atoms with van der Waals surface area (Å²) in [6.45, 7) is 7.01. The Balaban J connectivity index is 1.20. The van der Waals surface area contributed by atoms with Gasteiger partial charge in [0.1, 0.15) is 11.4 Å². The first-order valence-corrected chi connectivity index (χ1v) is 13.4. The molecule has 0 saturated heterocycles. The Hall–Kier alpha value is -1.99. The summed E-state index contributed by atoms with van der Waals surface area (Å²) in [4.78, 5) is 12.4. The SMILES string of the molecule is CC(=O)[C@H]1CCC2C3CC[C@@H]4C[C@@](O)(C#Cc5ccc6c(c5)OCO6)CC[C@]4(C)C3CC[C@@]21C. The van der Waals surface area contributed by atoms with Crippen molar-refractivity contribution in [3.63, 3.8) is 0 Å². The lowest BCUT2D eigenvalue weighted by molar-refractivity contribution is -0.144. The van der Waals surface area contributed by atoms with Crippen molar-refractivity contribution in [1.82, 2.24) is 0 Å². The largest absolute Gasteiger partial charge is 0.454 e. The summed E-state index contributed by atoms with van der Waals surface area (Å²) >= 11 is 0. The quantitative estimate of drug-likeness (QED) is 0.540. The Labute approximate surface area is 203 Å². The molecule has 34 heavy (non-hydrogen) atoms. The molecule has 1 N–H and O–H groups in total. The molecular formula is C30H38O4. The molecule has 4 aliphatic carbocycles. The lowest BCUT2D eigenvalue weighted by atomic mass is 9.44. The summed E-state index contributed by atoms with van der Waals surface area (Å²) in [6, 6.07) is 5.74. The smallest absolute Gasteiger partial charge is 0.231 e. The number of carbonyl (C=O) groups excluding carboxylic acids is 1. The Kier molecular flexibility index (Phi) is 5.13. The maximum Gasteiger partial charge on any atom is 0.231 e. The number of ketones is 1. The van der Waals surface area contributed by atoms with Crippen molar-refractivity contribution in [3.05, 3.63) is 23.8 Å². The highest BCUT2D eigenvalue weighted by molar-refractivity contribution is 5.79. The number of carbonyl (C=O) groups is 1. The van der Waals surface area contributed by atoms with Crippen molar-refractivity contribution in [2.45, 2.75) is 84.2 Å². The first kappa shape index (κ1) is 22.5. The van der Waals surface area contributed by atoms with Gasteiger partial charge in [0.05, 0.1) is 0 Å². The van der Waals surface area contributed by atoms with E-state index in [0.717, 1.165) is 54.6 Å². The number of ether oxygens (including phenoxy) is 2. The highest BCUT2D eigenvalue weighted by atomic mass is 16.7. The average molecular weight is 463 g/mol. The average Bonchev–Trinajstić information content (AvgIpc) is 3.42. The van der Waals surface area contributed by atoms with Gasteiger partial charge in [0.2, 0.25) is 6.79 Å². The second-order valence-electron chi connectivity index (χ2n) is 12.5. The highest BCUT2D eigenvalue weighted by Crippen LogP contribution is 2.68. The number of aliphatic hydroxyl groups is 1. The van der Waals surface area contributed by atoms with E-state index < -0.39 is 5.60 Å². The van der Waals surface area contributed by atoms with Crippen molar-refractivity contribution >= 4 is 5.78 Å². The number of fused-ring (bicyclic) bond motifs is 6. The van der Waals surface area contributed by atoms with Crippen LogP contribution in [0.4, 0.5) is 0 Å². The minimum absolute atomic E-state index is 0.210. The molecule has 1 aliphatic heterocycles. The first-order chi connectivity index (χ1) is 16.2. The van der Waals surface area contributed by atoms with Gasteiger partial charge in [-0.3, -0.25) is 4.79 Å². The van der Waals surface area contributed by atoms with Crippen LogP contribution in [0.25, 0.3) is 0 Å². The van der Waals surface area contributed by atoms with Crippen molar-refractivity contribution in [2.75, 3.05) is 6.79 Å².